The van der Waals surface area contributed by atoms with Gasteiger partial charge in [-0.15, -0.1) is 0 Å². The Morgan fingerprint density at radius 2 is 1.90 bits per heavy atom. The van der Waals surface area contributed by atoms with Crippen molar-refractivity contribution in [2.24, 2.45) is 11.7 Å². The minimum absolute atomic E-state index is 0.0645. The van der Waals surface area contributed by atoms with Crippen LogP contribution < -0.4 is 11.1 Å². The number of hydrogen-bond donors (Lipinski definition) is 2. The molecule has 116 valence electrons. The summed E-state index contributed by atoms with van der Waals surface area (Å²) < 4.78 is 0. The van der Waals surface area contributed by atoms with Gasteiger partial charge in [-0.1, -0.05) is 62.4 Å². The Morgan fingerprint density at radius 3 is 2.52 bits per heavy atom. The molecule has 2 atom stereocenters. The summed E-state index contributed by atoms with van der Waals surface area (Å²) in [5.74, 6) is 0.800. The molecule has 3 N–H and O–H groups in total. The maximum Gasteiger partial charge on any atom is 0.222 e. The number of carbonyl (C=O) groups excluding carboxylic acids is 1. The van der Waals surface area contributed by atoms with Crippen LogP contribution in [0.15, 0.2) is 30.3 Å². The summed E-state index contributed by atoms with van der Waals surface area (Å²) in [6.07, 6.45) is 8.07. The first-order chi connectivity index (χ1) is 10.1. The molecule has 0 saturated heterocycles. The van der Waals surface area contributed by atoms with Crippen molar-refractivity contribution in [1.29, 1.82) is 0 Å². The summed E-state index contributed by atoms with van der Waals surface area (Å²) in [6.45, 7) is 1.87. The van der Waals surface area contributed by atoms with E-state index in [0.29, 0.717) is 6.42 Å². The van der Waals surface area contributed by atoms with Gasteiger partial charge >= 0.3 is 0 Å². The van der Waals surface area contributed by atoms with Gasteiger partial charge in [0.15, 0.2) is 0 Å². The molecule has 1 aromatic rings. The van der Waals surface area contributed by atoms with E-state index in [0.717, 1.165) is 12.3 Å². The highest BCUT2D eigenvalue weighted by atomic mass is 16.1. The largest absolute Gasteiger partial charge is 0.349 e. The Bertz CT molecular complexity index is 424. The maximum atomic E-state index is 12.1. The van der Waals surface area contributed by atoms with Gasteiger partial charge < -0.3 is 11.1 Å². The number of hydrogen-bond acceptors (Lipinski definition) is 2. The van der Waals surface area contributed by atoms with Gasteiger partial charge in [0.25, 0.3) is 0 Å². The molecule has 3 nitrogen and oxygen atoms in total. The summed E-state index contributed by atoms with van der Waals surface area (Å²) in [7, 11) is 0. The van der Waals surface area contributed by atoms with Gasteiger partial charge in [-0.05, 0) is 24.8 Å². The maximum absolute atomic E-state index is 12.1. The van der Waals surface area contributed by atoms with Crippen LogP contribution in [0.4, 0.5) is 0 Å². The summed E-state index contributed by atoms with van der Waals surface area (Å²) in [5, 5.41) is 3.19. The standard InChI is InChI=1S/C18H28N2O/c1-14(19)12-18(21)20-17(16-10-6-3-7-11-16)13-15-8-4-2-5-9-15/h3,6-7,10-11,14-15,17H,2,4-5,8-9,12-13,19H2,1H3,(H,20,21). The van der Waals surface area contributed by atoms with E-state index in [4.69, 9.17) is 5.73 Å². The Labute approximate surface area is 128 Å². The monoisotopic (exact) mass is 288 g/mol. The zero-order valence-corrected chi connectivity index (χ0v) is 13.1. The Hall–Kier alpha value is -1.35. The second-order valence-electron chi connectivity index (χ2n) is 6.45. The third-order valence-corrected chi connectivity index (χ3v) is 4.34. The van der Waals surface area contributed by atoms with Crippen LogP contribution in [0.2, 0.25) is 0 Å². The van der Waals surface area contributed by atoms with Crippen molar-refractivity contribution in [3.05, 3.63) is 35.9 Å². The fourth-order valence-corrected chi connectivity index (χ4v) is 3.27. The van der Waals surface area contributed by atoms with Gasteiger partial charge in [-0.3, -0.25) is 4.79 Å². The van der Waals surface area contributed by atoms with E-state index in [1.807, 2.05) is 25.1 Å². The van der Waals surface area contributed by atoms with Crippen molar-refractivity contribution in [1.82, 2.24) is 5.32 Å². The number of nitrogens with two attached hydrogens (primary N) is 1. The minimum atomic E-state index is -0.0869. The van der Waals surface area contributed by atoms with Crippen LogP contribution >= 0.6 is 0 Å². The van der Waals surface area contributed by atoms with Crippen molar-refractivity contribution in [3.63, 3.8) is 0 Å². The van der Waals surface area contributed by atoms with Crippen LogP contribution in [-0.4, -0.2) is 11.9 Å². The molecular formula is C18H28N2O. The minimum Gasteiger partial charge on any atom is -0.349 e. The summed E-state index contributed by atoms with van der Waals surface area (Å²) in [4.78, 5) is 12.1. The highest BCUT2D eigenvalue weighted by Gasteiger charge is 2.21. The molecule has 1 aliphatic carbocycles. The van der Waals surface area contributed by atoms with Gasteiger partial charge in [0.05, 0.1) is 6.04 Å². The van der Waals surface area contributed by atoms with E-state index in [9.17, 15) is 4.79 Å². The molecule has 1 aliphatic rings. The fraction of sp³-hybridized carbons (Fsp3) is 0.611. The Balaban J connectivity index is 2.01. The second-order valence-corrected chi connectivity index (χ2v) is 6.45. The van der Waals surface area contributed by atoms with Gasteiger partial charge in [0, 0.05) is 12.5 Å². The number of nitrogens with one attached hydrogen (secondary N) is 1. The van der Waals surface area contributed by atoms with Crippen molar-refractivity contribution in [2.45, 2.75) is 64.0 Å². The van der Waals surface area contributed by atoms with Crippen molar-refractivity contribution < 1.29 is 4.79 Å². The van der Waals surface area contributed by atoms with Crippen LogP contribution in [0.25, 0.3) is 0 Å². The molecule has 1 saturated carbocycles. The molecule has 1 amide bonds. The number of carbonyl (C=O) groups is 1. The van der Waals surface area contributed by atoms with Crippen LogP contribution in [-0.2, 0) is 4.79 Å². The molecule has 0 bridgehead atoms. The molecule has 1 fully saturated rings. The number of benzene rings is 1. The predicted molar refractivity (Wildman–Crippen MR) is 86.8 cm³/mol. The lowest BCUT2D eigenvalue weighted by Gasteiger charge is -2.27. The topological polar surface area (TPSA) is 55.1 Å². The van der Waals surface area contributed by atoms with Crippen molar-refractivity contribution >= 4 is 5.91 Å². The summed E-state index contributed by atoms with van der Waals surface area (Å²) >= 11 is 0. The molecule has 0 spiro atoms. The van der Waals surface area contributed by atoms with Gasteiger partial charge in [-0.2, -0.15) is 0 Å². The smallest absolute Gasteiger partial charge is 0.222 e. The fourth-order valence-electron chi connectivity index (χ4n) is 3.27. The SMILES string of the molecule is CC(N)CC(=O)NC(CC1CCCCC1)c1ccccc1. The lowest BCUT2D eigenvalue weighted by Crippen LogP contribution is -2.34. The predicted octanol–water partition coefficient (Wildman–Crippen LogP) is 3.55. The lowest BCUT2D eigenvalue weighted by atomic mass is 9.83. The molecule has 2 rings (SSSR count). The molecule has 3 heteroatoms. The third kappa shape index (κ3) is 5.50. The van der Waals surface area contributed by atoms with Gasteiger partial charge in [-0.25, -0.2) is 0 Å². The van der Waals surface area contributed by atoms with Crippen molar-refractivity contribution in [3.8, 4) is 0 Å². The Morgan fingerprint density at radius 1 is 1.24 bits per heavy atom. The average molecular weight is 288 g/mol. The lowest BCUT2D eigenvalue weighted by molar-refractivity contribution is -0.122. The highest BCUT2D eigenvalue weighted by Crippen LogP contribution is 2.31. The molecule has 0 heterocycles. The molecule has 0 aromatic heterocycles. The van der Waals surface area contributed by atoms with E-state index in [1.54, 1.807) is 0 Å². The van der Waals surface area contributed by atoms with Crippen LogP contribution in [0.5, 0.6) is 0 Å². The zero-order valence-electron chi connectivity index (χ0n) is 13.1. The third-order valence-electron chi connectivity index (χ3n) is 4.34. The van der Waals surface area contributed by atoms with E-state index in [2.05, 4.69) is 17.4 Å². The second kappa shape index (κ2) is 8.18. The van der Waals surface area contributed by atoms with Crippen LogP contribution in [0.1, 0.15) is 63.5 Å². The molecule has 1 aromatic carbocycles. The van der Waals surface area contributed by atoms with Gasteiger partial charge in [0.1, 0.15) is 0 Å². The Kier molecular flexibility index (Phi) is 6.24. The van der Waals surface area contributed by atoms with Crippen molar-refractivity contribution in [2.75, 3.05) is 0 Å². The molecule has 21 heavy (non-hydrogen) atoms. The molecular weight excluding hydrogens is 260 g/mol. The number of amides is 1. The zero-order chi connectivity index (χ0) is 15.1. The summed E-state index contributed by atoms with van der Waals surface area (Å²) in [5.41, 5.74) is 6.94. The molecule has 2 unspecified atom stereocenters. The first kappa shape index (κ1) is 16.0. The van der Waals surface area contributed by atoms with E-state index in [1.165, 1.54) is 37.7 Å². The first-order valence-corrected chi connectivity index (χ1v) is 8.25. The first-order valence-electron chi connectivity index (χ1n) is 8.25. The van der Waals surface area contributed by atoms with Crippen LogP contribution in [0, 0.1) is 5.92 Å². The van der Waals surface area contributed by atoms with E-state index < -0.39 is 0 Å². The number of rotatable bonds is 6. The van der Waals surface area contributed by atoms with Crippen LogP contribution in [0.3, 0.4) is 0 Å². The van der Waals surface area contributed by atoms with E-state index in [-0.39, 0.29) is 18.0 Å². The van der Waals surface area contributed by atoms with E-state index >= 15 is 0 Å². The average Bonchev–Trinajstić information content (AvgIpc) is 2.48. The molecule has 0 radical (unpaired) electrons. The normalized spacial score (nSPS) is 19.0. The molecule has 0 aliphatic heterocycles. The highest BCUT2D eigenvalue weighted by molar-refractivity contribution is 5.77. The summed E-state index contributed by atoms with van der Waals surface area (Å²) in [6, 6.07) is 10.4. The van der Waals surface area contributed by atoms with Gasteiger partial charge in [0.2, 0.25) is 5.91 Å². The quantitative estimate of drug-likeness (QED) is 0.841.